The molecule has 1 aliphatic heterocycles. The largest absolute Gasteiger partial charge is 0.498 e. The van der Waals surface area contributed by atoms with Gasteiger partial charge >= 0.3 is 0 Å². The molecule has 1 aromatic rings. The van der Waals surface area contributed by atoms with E-state index in [2.05, 4.69) is 13.0 Å². The van der Waals surface area contributed by atoms with Crippen molar-refractivity contribution >= 4 is 5.91 Å². The van der Waals surface area contributed by atoms with Gasteiger partial charge in [-0.25, -0.2) is 0 Å². The van der Waals surface area contributed by atoms with Crippen molar-refractivity contribution in [3.63, 3.8) is 0 Å². The summed E-state index contributed by atoms with van der Waals surface area (Å²) in [5, 5.41) is 0. The molecule has 23 heavy (non-hydrogen) atoms. The summed E-state index contributed by atoms with van der Waals surface area (Å²) < 4.78 is 11.6. The van der Waals surface area contributed by atoms with Crippen LogP contribution in [-0.4, -0.2) is 23.5 Å². The van der Waals surface area contributed by atoms with Crippen molar-refractivity contribution in [3.8, 4) is 0 Å². The van der Waals surface area contributed by atoms with E-state index in [0.29, 0.717) is 18.5 Å². The predicted molar refractivity (Wildman–Crippen MR) is 86.7 cm³/mol. The highest BCUT2D eigenvalue weighted by Gasteiger charge is 2.38. The normalized spacial score (nSPS) is 26.9. The third-order valence-electron chi connectivity index (χ3n) is 5.30. The van der Waals surface area contributed by atoms with E-state index < -0.39 is 0 Å². The molecule has 2 saturated carbocycles. The Morgan fingerprint density at radius 1 is 1.35 bits per heavy atom. The molecule has 0 N–H and O–H groups in total. The lowest BCUT2D eigenvalue weighted by atomic mass is 10.1. The average Bonchev–Trinajstić information content (AvgIpc) is 3.46. The van der Waals surface area contributed by atoms with E-state index in [-0.39, 0.29) is 5.91 Å². The maximum atomic E-state index is 12.9. The van der Waals surface area contributed by atoms with Crippen LogP contribution in [0.15, 0.2) is 27.9 Å². The van der Waals surface area contributed by atoms with Crippen molar-refractivity contribution in [2.24, 2.45) is 5.92 Å². The van der Waals surface area contributed by atoms with Gasteiger partial charge in [0.2, 0.25) is 0 Å². The highest BCUT2D eigenvalue weighted by atomic mass is 16.5. The SMILES string of the molecule is CC1=C(C(=O)N(Cc2ccc([C@@H]3C[C@H]3C)o2)C2CC2)CCCO1. The Balaban J connectivity index is 1.50. The Hall–Kier alpha value is -1.71. The topological polar surface area (TPSA) is 42.7 Å². The predicted octanol–water partition coefficient (Wildman–Crippen LogP) is 3.98. The molecule has 124 valence electrons. The van der Waals surface area contributed by atoms with Crippen LogP contribution in [0.5, 0.6) is 0 Å². The van der Waals surface area contributed by atoms with Crippen LogP contribution in [0.2, 0.25) is 0 Å². The zero-order valence-corrected chi connectivity index (χ0v) is 14.0. The van der Waals surface area contributed by atoms with Crippen molar-refractivity contribution < 1.29 is 13.9 Å². The molecule has 0 spiro atoms. The summed E-state index contributed by atoms with van der Waals surface area (Å²) in [6.45, 7) is 5.48. The molecule has 0 unspecified atom stereocenters. The van der Waals surface area contributed by atoms with E-state index in [1.165, 1.54) is 6.42 Å². The minimum absolute atomic E-state index is 0.141. The van der Waals surface area contributed by atoms with Gasteiger partial charge in [0.15, 0.2) is 0 Å². The molecule has 0 saturated heterocycles. The molecule has 2 atom stereocenters. The molecule has 0 radical (unpaired) electrons. The molecule has 0 bridgehead atoms. The fraction of sp³-hybridized carbons (Fsp3) is 0.632. The first-order chi connectivity index (χ1) is 11.1. The highest BCUT2D eigenvalue weighted by Crippen LogP contribution is 2.47. The molecule has 4 nitrogen and oxygen atoms in total. The Bertz CT molecular complexity index is 641. The minimum Gasteiger partial charge on any atom is -0.498 e. The number of hydrogen-bond acceptors (Lipinski definition) is 3. The van der Waals surface area contributed by atoms with Crippen molar-refractivity contribution in [1.29, 1.82) is 0 Å². The van der Waals surface area contributed by atoms with Crippen LogP contribution < -0.4 is 0 Å². The van der Waals surface area contributed by atoms with E-state index in [1.54, 1.807) is 0 Å². The van der Waals surface area contributed by atoms with Crippen LogP contribution in [0.4, 0.5) is 0 Å². The monoisotopic (exact) mass is 315 g/mol. The van der Waals surface area contributed by atoms with E-state index in [4.69, 9.17) is 9.15 Å². The number of carbonyl (C=O) groups excluding carboxylic acids is 1. The average molecular weight is 315 g/mol. The lowest BCUT2D eigenvalue weighted by Gasteiger charge is -2.26. The Morgan fingerprint density at radius 2 is 2.13 bits per heavy atom. The number of rotatable bonds is 5. The van der Waals surface area contributed by atoms with Crippen LogP contribution in [0.3, 0.4) is 0 Å². The molecule has 2 aliphatic carbocycles. The zero-order chi connectivity index (χ0) is 16.0. The molecule has 3 aliphatic rings. The van der Waals surface area contributed by atoms with Gasteiger partial charge in [-0.15, -0.1) is 0 Å². The molecule has 4 heteroatoms. The van der Waals surface area contributed by atoms with Crippen molar-refractivity contribution in [1.82, 2.24) is 4.90 Å². The summed E-state index contributed by atoms with van der Waals surface area (Å²) in [5.41, 5.74) is 0.853. The van der Waals surface area contributed by atoms with Gasteiger partial charge in [0.25, 0.3) is 5.91 Å². The summed E-state index contributed by atoms with van der Waals surface area (Å²) in [7, 11) is 0. The highest BCUT2D eigenvalue weighted by molar-refractivity contribution is 5.94. The van der Waals surface area contributed by atoms with Gasteiger partial charge in [-0.05, 0) is 57.1 Å². The van der Waals surface area contributed by atoms with Gasteiger partial charge in [-0.1, -0.05) is 6.92 Å². The maximum Gasteiger partial charge on any atom is 0.253 e. The molecule has 4 rings (SSSR count). The smallest absolute Gasteiger partial charge is 0.253 e. The fourth-order valence-electron chi connectivity index (χ4n) is 3.49. The van der Waals surface area contributed by atoms with Gasteiger partial charge in [0.05, 0.1) is 18.7 Å². The van der Waals surface area contributed by atoms with E-state index in [1.807, 2.05) is 17.9 Å². The number of amides is 1. The maximum absolute atomic E-state index is 12.9. The second-order valence-electron chi connectivity index (χ2n) is 7.27. The Morgan fingerprint density at radius 3 is 2.78 bits per heavy atom. The molecule has 1 aromatic heterocycles. The van der Waals surface area contributed by atoms with Gasteiger partial charge in [0.1, 0.15) is 17.3 Å². The summed E-state index contributed by atoms with van der Waals surface area (Å²) in [6.07, 6.45) is 5.19. The number of hydrogen-bond donors (Lipinski definition) is 0. The summed E-state index contributed by atoms with van der Waals surface area (Å²) in [6, 6.07) is 4.51. The molecule has 0 aromatic carbocycles. The molecule has 1 amide bonds. The van der Waals surface area contributed by atoms with Crippen molar-refractivity contribution in [2.75, 3.05) is 6.61 Å². The molecule has 2 heterocycles. The molecule has 2 fully saturated rings. The zero-order valence-electron chi connectivity index (χ0n) is 14.0. The number of carbonyl (C=O) groups is 1. The van der Waals surface area contributed by atoms with Crippen LogP contribution >= 0.6 is 0 Å². The first-order valence-corrected chi connectivity index (χ1v) is 8.85. The first kappa shape index (κ1) is 14.9. The summed E-state index contributed by atoms with van der Waals surface area (Å²) in [4.78, 5) is 14.9. The number of nitrogens with zero attached hydrogens (tertiary/aromatic N) is 1. The van der Waals surface area contributed by atoms with Gasteiger partial charge in [-0.3, -0.25) is 4.79 Å². The van der Waals surface area contributed by atoms with Crippen LogP contribution in [-0.2, 0) is 16.1 Å². The first-order valence-electron chi connectivity index (χ1n) is 8.85. The lowest BCUT2D eigenvalue weighted by Crippen LogP contribution is -2.35. The van der Waals surface area contributed by atoms with Crippen molar-refractivity contribution in [2.45, 2.75) is 64.5 Å². The number of ether oxygens (including phenoxy) is 1. The quantitative estimate of drug-likeness (QED) is 0.825. The van der Waals surface area contributed by atoms with E-state index in [9.17, 15) is 4.79 Å². The van der Waals surface area contributed by atoms with Gasteiger partial charge < -0.3 is 14.1 Å². The van der Waals surface area contributed by atoms with Crippen LogP contribution in [0.25, 0.3) is 0 Å². The number of allylic oxidation sites excluding steroid dienone is 1. The third kappa shape index (κ3) is 3.04. The van der Waals surface area contributed by atoms with Crippen LogP contribution in [0, 0.1) is 5.92 Å². The minimum atomic E-state index is 0.141. The lowest BCUT2D eigenvalue weighted by molar-refractivity contribution is -0.129. The molecular formula is C19H25NO3. The van der Waals surface area contributed by atoms with Crippen LogP contribution in [0.1, 0.15) is 63.4 Å². The summed E-state index contributed by atoms with van der Waals surface area (Å²) >= 11 is 0. The Labute approximate surface area is 137 Å². The summed E-state index contributed by atoms with van der Waals surface area (Å²) in [5.74, 6) is 4.27. The second-order valence-corrected chi connectivity index (χ2v) is 7.27. The standard InChI is InChI=1S/C19H25NO3/c1-12-10-17(12)18-8-7-15(23-18)11-20(14-5-6-14)19(21)16-4-3-9-22-13(16)2/h7-8,12,14,17H,3-6,9-11H2,1-2H3/t12-,17-/m1/s1. The Kier molecular flexibility index (Phi) is 3.70. The van der Waals surface area contributed by atoms with Crippen molar-refractivity contribution in [3.05, 3.63) is 35.0 Å². The van der Waals surface area contributed by atoms with Gasteiger partial charge in [-0.2, -0.15) is 0 Å². The second kappa shape index (κ2) is 5.73. The third-order valence-corrected chi connectivity index (χ3v) is 5.30. The van der Waals surface area contributed by atoms with E-state index >= 15 is 0 Å². The fourth-order valence-corrected chi connectivity index (χ4v) is 3.49. The molecular weight excluding hydrogens is 290 g/mol. The van der Waals surface area contributed by atoms with Gasteiger partial charge in [0, 0.05) is 12.0 Å². The number of furan rings is 1. The van der Waals surface area contributed by atoms with E-state index in [0.717, 1.165) is 61.1 Å².